The maximum Gasteiger partial charge on any atom is 0.409 e. The van der Waals surface area contributed by atoms with Gasteiger partial charge in [0.25, 0.3) is 0 Å². The summed E-state index contributed by atoms with van der Waals surface area (Å²) in [5.74, 6) is 0.386. The van der Waals surface area contributed by atoms with Crippen LogP contribution in [0.3, 0.4) is 0 Å². The number of aliphatic imine (C=N–C) groups is 1. The maximum absolute atomic E-state index is 12.4. The van der Waals surface area contributed by atoms with Crippen LogP contribution in [0.1, 0.15) is 43.2 Å². The van der Waals surface area contributed by atoms with Gasteiger partial charge in [-0.05, 0) is 24.5 Å². The molecule has 29 heavy (non-hydrogen) atoms. The van der Waals surface area contributed by atoms with Crippen molar-refractivity contribution >= 4 is 34.7 Å². The van der Waals surface area contributed by atoms with Crippen LogP contribution in [-0.2, 0) is 11.3 Å². The fourth-order valence-electron chi connectivity index (χ4n) is 3.96. The molecule has 1 aliphatic heterocycles. The standard InChI is InChI=1S/C23H25N3O2S/c27-23(28-15-16-9-3-1-4-10-16)26-21-22(29)24-19-14-8-7-13-18(19)20(25-21)17-11-5-2-6-12-17/h1,3-4,7-10,13-14,17,21H,2,5-6,11-12,15H2,(H,24,29)(H,26,27). The molecule has 6 heteroatoms. The van der Waals surface area contributed by atoms with Crippen LogP contribution in [0.15, 0.2) is 59.6 Å². The van der Waals surface area contributed by atoms with Crippen LogP contribution >= 0.6 is 12.2 Å². The van der Waals surface area contributed by atoms with E-state index in [0.29, 0.717) is 10.9 Å². The molecule has 2 aliphatic rings. The Kier molecular flexibility index (Phi) is 6.20. The average Bonchev–Trinajstić information content (AvgIpc) is 2.90. The predicted octanol–water partition coefficient (Wildman–Crippen LogP) is 5.06. The molecule has 0 radical (unpaired) electrons. The largest absolute Gasteiger partial charge is 0.445 e. The molecule has 0 saturated heterocycles. The molecule has 1 atom stereocenters. The first-order valence-corrected chi connectivity index (χ1v) is 10.6. The van der Waals surface area contributed by atoms with Crippen molar-refractivity contribution in [2.75, 3.05) is 5.32 Å². The maximum atomic E-state index is 12.4. The lowest BCUT2D eigenvalue weighted by atomic mass is 9.83. The minimum absolute atomic E-state index is 0.207. The molecule has 150 valence electrons. The first-order valence-electron chi connectivity index (χ1n) is 10.2. The van der Waals surface area contributed by atoms with E-state index in [-0.39, 0.29) is 6.61 Å². The number of benzene rings is 2. The summed E-state index contributed by atoms with van der Waals surface area (Å²) in [7, 11) is 0. The van der Waals surface area contributed by atoms with E-state index in [1.165, 1.54) is 19.3 Å². The zero-order valence-electron chi connectivity index (χ0n) is 16.3. The van der Waals surface area contributed by atoms with Gasteiger partial charge in [0.15, 0.2) is 6.17 Å². The fourth-order valence-corrected chi connectivity index (χ4v) is 4.18. The summed E-state index contributed by atoms with van der Waals surface area (Å²) in [5, 5.41) is 6.10. The van der Waals surface area contributed by atoms with Gasteiger partial charge < -0.3 is 10.1 Å². The van der Waals surface area contributed by atoms with Gasteiger partial charge in [-0.3, -0.25) is 10.3 Å². The van der Waals surface area contributed by atoms with E-state index >= 15 is 0 Å². The van der Waals surface area contributed by atoms with E-state index in [1.54, 1.807) is 0 Å². The van der Waals surface area contributed by atoms with Crippen molar-refractivity contribution in [2.45, 2.75) is 44.9 Å². The molecule has 1 unspecified atom stereocenters. The number of para-hydroxylation sites is 1. The van der Waals surface area contributed by atoms with Crippen LogP contribution < -0.4 is 10.6 Å². The highest BCUT2D eigenvalue weighted by Gasteiger charge is 2.29. The minimum atomic E-state index is -0.641. The molecular formula is C23H25N3O2S. The van der Waals surface area contributed by atoms with Crippen molar-refractivity contribution in [1.82, 2.24) is 5.32 Å². The van der Waals surface area contributed by atoms with E-state index in [2.05, 4.69) is 16.7 Å². The van der Waals surface area contributed by atoms with Crippen LogP contribution in [0.5, 0.6) is 0 Å². The van der Waals surface area contributed by atoms with Gasteiger partial charge in [-0.2, -0.15) is 0 Å². The lowest BCUT2D eigenvalue weighted by molar-refractivity contribution is 0.138. The van der Waals surface area contributed by atoms with Crippen LogP contribution in [0.2, 0.25) is 0 Å². The van der Waals surface area contributed by atoms with Gasteiger partial charge in [0.1, 0.15) is 11.6 Å². The number of amides is 1. The number of anilines is 1. The van der Waals surface area contributed by atoms with Crippen LogP contribution in [0.4, 0.5) is 10.5 Å². The number of thiocarbonyl (C=S) groups is 1. The highest BCUT2D eigenvalue weighted by atomic mass is 32.1. The van der Waals surface area contributed by atoms with Gasteiger partial charge in [-0.15, -0.1) is 0 Å². The molecule has 5 nitrogen and oxygen atoms in total. The van der Waals surface area contributed by atoms with E-state index in [1.807, 2.05) is 48.5 Å². The van der Waals surface area contributed by atoms with Crippen molar-refractivity contribution in [1.29, 1.82) is 0 Å². The molecule has 4 rings (SSSR count). The number of nitrogens with zero attached hydrogens (tertiary/aromatic N) is 1. The molecule has 0 aromatic heterocycles. The predicted molar refractivity (Wildman–Crippen MR) is 119 cm³/mol. The molecule has 1 heterocycles. The number of nitrogens with one attached hydrogen (secondary N) is 2. The second-order valence-corrected chi connectivity index (χ2v) is 7.93. The Hall–Kier alpha value is -2.73. The second-order valence-electron chi connectivity index (χ2n) is 7.49. The second kappa shape index (κ2) is 9.18. The molecule has 2 aromatic carbocycles. The molecular weight excluding hydrogens is 382 g/mol. The third kappa shape index (κ3) is 4.82. The van der Waals surface area contributed by atoms with E-state index < -0.39 is 12.3 Å². The molecule has 1 aliphatic carbocycles. The first-order chi connectivity index (χ1) is 14.2. The molecule has 2 N–H and O–H groups in total. The third-order valence-electron chi connectivity index (χ3n) is 5.44. The fraction of sp³-hybridized carbons (Fsp3) is 0.348. The Balaban J connectivity index is 1.52. The lowest BCUT2D eigenvalue weighted by Crippen LogP contribution is -2.41. The van der Waals surface area contributed by atoms with Crippen LogP contribution in [0.25, 0.3) is 0 Å². The quantitative estimate of drug-likeness (QED) is 0.695. The number of alkyl carbamates (subject to hydrolysis) is 1. The Bertz CT molecular complexity index is 907. The van der Waals surface area contributed by atoms with Gasteiger partial charge in [0.05, 0.1) is 5.71 Å². The molecule has 1 saturated carbocycles. The van der Waals surface area contributed by atoms with E-state index in [9.17, 15) is 4.79 Å². The summed E-state index contributed by atoms with van der Waals surface area (Å²) in [6.07, 6.45) is 4.76. The smallest absolute Gasteiger partial charge is 0.409 e. The van der Waals surface area contributed by atoms with Crippen molar-refractivity contribution in [2.24, 2.45) is 10.9 Å². The topological polar surface area (TPSA) is 62.7 Å². The SMILES string of the molecule is O=C(NC1N=C(C2CCCCC2)c2ccccc2NC1=S)OCc1ccccc1. The van der Waals surface area contributed by atoms with Gasteiger partial charge in [-0.1, -0.05) is 80.0 Å². The highest BCUT2D eigenvalue weighted by Crippen LogP contribution is 2.32. The third-order valence-corrected chi connectivity index (χ3v) is 5.76. The summed E-state index contributed by atoms with van der Waals surface area (Å²) >= 11 is 5.55. The number of hydrogen-bond donors (Lipinski definition) is 2. The Morgan fingerprint density at radius 1 is 1.07 bits per heavy atom. The Morgan fingerprint density at radius 3 is 2.59 bits per heavy atom. The van der Waals surface area contributed by atoms with Crippen molar-refractivity contribution in [3.63, 3.8) is 0 Å². The summed E-state index contributed by atoms with van der Waals surface area (Å²) in [6.45, 7) is 0.207. The van der Waals surface area contributed by atoms with Gasteiger partial charge in [0, 0.05) is 17.2 Å². The number of rotatable bonds is 4. The summed E-state index contributed by atoms with van der Waals surface area (Å²) < 4.78 is 5.37. The zero-order valence-corrected chi connectivity index (χ0v) is 17.1. The number of carbonyl (C=O) groups excluding carboxylic acids is 1. The van der Waals surface area contributed by atoms with Crippen molar-refractivity contribution in [3.8, 4) is 0 Å². The number of fused-ring (bicyclic) bond motifs is 1. The Labute approximate surface area is 176 Å². The normalized spacial score (nSPS) is 19.4. The molecule has 0 bridgehead atoms. The molecule has 1 fully saturated rings. The highest BCUT2D eigenvalue weighted by molar-refractivity contribution is 7.80. The number of benzodiazepines with no additional fused rings is 1. The minimum Gasteiger partial charge on any atom is -0.445 e. The van der Waals surface area contributed by atoms with Gasteiger partial charge in [-0.25, -0.2) is 4.79 Å². The van der Waals surface area contributed by atoms with Crippen LogP contribution in [0, 0.1) is 5.92 Å². The number of carbonyl (C=O) groups is 1. The first kappa shape index (κ1) is 19.6. The summed E-state index contributed by atoms with van der Waals surface area (Å²) in [5.41, 5.74) is 3.98. The van der Waals surface area contributed by atoms with Gasteiger partial charge >= 0.3 is 6.09 Å². The zero-order chi connectivity index (χ0) is 20.1. The monoisotopic (exact) mass is 407 g/mol. The van der Waals surface area contributed by atoms with Gasteiger partial charge in [0.2, 0.25) is 0 Å². The van der Waals surface area contributed by atoms with Crippen molar-refractivity contribution in [3.05, 3.63) is 65.7 Å². The number of ether oxygens (including phenoxy) is 1. The summed E-state index contributed by atoms with van der Waals surface area (Å²) in [4.78, 5) is 17.8. The lowest BCUT2D eigenvalue weighted by Gasteiger charge is -2.24. The molecule has 0 spiro atoms. The molecule has 1 amide bonds. The van der Waals surface area contributed by atoms with Crippen molar-refractivity contribution < 1.29 is 9.53 Å². The van der Waals surface area contributed by atoms with E-state index in [0.717, 1.165) is 35.4 Å². The van der Waals surface area contributed by atoms with Crippen LogP contribution in [-0.4, -0.2) is 23.0 Å². The number of hydrogen-bond acceptors (Lipinski definition) is 4. The summed E-state index contributed by atoms with van der Waals surface area (Å²) in [6, 6.07) is 17.7. The average molecular weight is 408 g/mol. The molecule has 2 aromatic rings. The van der Waals surface area contributed by atoms with E-state index in [4.69, 9.17) is 21.9 Å². The Morgan fingerprint density at radius 2 is 1.79 bits per heavy atom.